The van der Waals surface area contributed by atoms with Gasteiger partial charge < -0.3 is 5.11 Å². The summed E-state index contributed by atoms with van der Waals surface area (Å²) in [4.78, 5) is 4.54. The molecule has 0 amide bonds. The highest BCUT2D eigenvalue weighted by Gasteiger charge is 2.11. The van der Waals surface area contributed by atoms with Crippen LogP contribution in [0.3, 0.4) is 0 Å². The van der Waals surface area contributed by atoms with Gasteiger partial charge in [0.1, 0.15) is 0 Å². The zero-order valence-corrected chi connectivity index (χ0v) is 11.9. The molecule has 0 aliphatic rings. The van der Waals surface area contributed by atoms with Crippen molar-refractivity contribution in [2.45, 2.75) is 17.6 Å². The van der Waals surface area contributed by atoms with Crippen molar-refractivity contribution >= 4 is 17.4 Å². The van der Waals surface area contributed by atoms with Gasteiger partial charge in [0.2, 0.25) is 5.88 Å². The van der Waals surface area contributed by atoms with E-state index in [1.165, 1.54) is 22.7 Å². The Morgan fingerprint density at radius 3 is 2.90 bits per heavy atom. The van der Waals surface area contributed by atoms with Crippen LogP contribution in [0.15, 0.2) is 35.2 Å². The number of fused-ring (bicyclic) bond motifs is 1. The highest BCUT2D eigenvalue weighted by Crippen LogP contribution is 2.27. The average Bonchev–Trinajstić information content (AvgIpc) is 2.81. The van der Waals surface area contributed by atoms with Crippen molar-refractivity contribution in [3.05, 3.63) is 53.4 Å². The van der Waals surface area contributed by atoms with Gasteiger partial charge in [-0.2, -0.15) is 9.61 Å². The molecule has 0 saturated heterocycles. The quantitative estimate of drug-likeness (QED) is 0.754. The van der Waals surface area contributed by atoms with Crippen molar-refractivity contribution < 1.29 is 13.9 Å². The third-order valence-corrected chi connectivity index (χ3v) is 3.94. The lowest BCUT2D eigenvalue weighted by Gasteiger charge is -2.05. The third kappa shape index (κ3) is 2.69. The van der Waals surface area contributed by atoms with Crippen LogP contribution < -0.4 is 0 Å². The van der Waals surface area contributed by atoms with Gasteiger partial charge >= 0.3 is 0 Å². The van der Waals surface area contributed by atoms with E-state index in [2.05, 4.69) is 10.1 Å². The van der Waals surface area contributed by atoms with Crippen molar-refractivity contribution in [3.63, 3.8) is 0 Å². The van der Waals surface area contributed by atoms with Crippen LogP contribution in [-0.4, -0.2) is 19.7 Å². The van der Waals surface area contributed by atoms with Gasteiger partial charge in [0.05, 0.1) is 11.4 Å². The van der Waals surface area contributed by atoms with Gasteiger partial charge in [-0.05, 0) is 19.1 Å². The molecule has 21 heavy (non-hydrogen) atoms. The summed E-state index contributed by atoms with van der Waals surface area (Å²) in [6.45, 7) is 1.80. The summed E-state index contributed by atoms with van der Waals surface area (Å²) in [5.41, 5.74) is 1.81. The highest BCUT2D eigenvalue weighted by atomic mass is 32.2. The van der Waals surface area contributed by atoms with Crippen LogP contribution >= 0.6 is 11.8 Å². The van der Waals surface area contributed by atoms with Crippen molar-refractivity contribution in [2.75, 3.05) is 0 Å². The summed E-state index contributed by atoms with van der Waals surface area (Å²) in [5.74, 6) is -1.47. The van der Waals surface area contributed by atoms with Crippen LogP contribution in [0.25, 0.3) is 5.65 Å². The molecule has 4 nitrogen and oxygen atoms in total. The van der Waals surface area contributed by atoms with Crippen LogP contribution in [0.5, 0.6) is 5.88 Å². The molecule has 108 valence electrons. The Bertz CT molecular complexity index is 819. The SMILES string of the molecule is Cc1cc2nc(CSc3cccc(F)c3F)cc(O)n2n1. The second kappa shape index (κ2) is 5.33. The third-order valence-electron chi connectivity index (χ3n) is 2.88. The van der Waals surface area contributed by atoms with Gasteiger partial charge in [-0.3, -0.25) is 0 Å². The molecule has 0 atom stereocenters. The monoisotopic (exact) mass is 307 g/mol. The predicted molar refractivity (Wildman–Crippen MR) is 75.3 cm³/mol. The summed E-state index contributed by atoms with van der Waals surface area (Å²) < 4.78 is 28.0. The van der Waals surface area contributed by atoms with Crippen LogP contribution in [0.2, 0.25) is 0 Å². The van der Waals surface area contributed by atoms with E-state index in [1.807, 2.05) is 0 Å². The van der Waals surface area contributed by atoms with Gasteiger partial charge in [0.15, 0.2) is 17.3 Å². The Morgan fingerprint density at radius 1 is 1.29 bits per heavy atom. The van der Waals surface area contributed by atoms with Gasteiger partial charge in [-0.15, -0.1) is 11.8 Å². The summed E-state index contributed by atoms with van der Waals surface area (Å²) in [6.07, 6.45) is 0. The Balaban J connectivity index is 1.86. The molecule has 0 aliphatic carbocycles. The highest BCUT2D eigenvalue weighted by molar-refractivity contribution is 7.98. The minimum atomic E-state index is -0.877. The van der Waals surface area contributed by atoms with E-state index < -0.39 is 11.6 Å². The molecule has 0 bridgehead atoms. The lowest BCUT2D eigenvalue weighted by molar-refractivity contribution is 0.434. The van der Waals surface area contributed by atoms with Crippen molar-refractivity contribution in [1.29, 1.82) is 0 Å². The van der Waals surface area contributed by atoms with E-state index in [4.69, 9.17) is 0 Å². The number of aromatic nitrogens is 3. The van der Waals surface area contributed by atoms with E-state index in [1.54, 1.807) is 13.0 Å². The van der Waals surface area contributed by atoms with E-state index in [-0.39, 0.29) is 10.8 Å². The smallest absolute Gasteiger partial charge is 0.215 e. The minimum absolute atomic E-state index is 0.0385. The summed E-state index contributed by atoms with van der Waals surface area (Å²) >= 11 is 1.12. The Morgan fingerprint density at radius 2 is 2.10 bits per heavy atom. The number of nitrogens with zero attached hydrogens (tertiary/aromatic N) is 3. The summed E-state index contributed by atoms with van der Waals surface area (Å²) in [6, 6.07) is 7.23. The normalized spacial score (nSPS) is 11.2. The summed E-state index contributed by atoms with van der Waals surface area (Å²) in [7, 11) is 0. The fourth-order valence-corrected chi connectivity index (χ4v) is 2.80. The maximum Gasteiger partial charge on any atom is 0.215 e. The molecule has 0 spiro atoms. The Kier molecular flexibility index (Phi) is 3.50. The largest absolute Gasteiger partial charge is 0.493 e. The first-order valence-electron chi connectivity index (χ1n) is 6.16. The fourth-order valence-electron chi connectivity index (χ4n) is 1.94. The molecule has 3 rings (SSSR count). The first kappa shape index (κ1) is 13.8. The lowest BCUT2D eigenvalue weighted by atomic mass is 10.3. The van der Waals surface area contributed by atoms with Crippen molar-refractivity contribution in [1.82, 2.24) is 14.6 Å². The number of thioether (sulfide) groups is 1. The minimum Gasteiger partial charge on any atom is -0.493 e. The molecule has 3 aromatic rings. The van der Waals surface area contributed by atoms with Gasteiger partial charge in [0.25, 0.3) is 0 Å². The maximum absolute atomic E-state index is 13.6. The number of hydrogen-bond donors (Lipinski definition) is 1. The average molecular weight is 307 g/mol. The molecule has 0 saturated carbocycles. The van der Waals surface area contributed by atoms with E-state index in [0.29, 0.717) is 17.1 Å². The first-order valence-corrected chi connectivity index (χ1v) is 7.15. The fraction of sp³-hybridized carbons (Fsp3) is 0.143. The van der Waals surface area contributed by atoms with Crippen LogP contribution in [-0.2, 0) is 5.75 Å². The molecule has 1 aromatic carbocycles. The maximum atomic E-state index is 13.6. The molecular formula is C14H11F2N3OS. The molecule has 0 fully saturated rings. The number of hydrogen-bond acceptors (Lipinski definition) is 4. The topological polar surface area (TPSA) is 50.4 Å². The predicted octanol–water partition coefficient (Wildman–Crippen LogP) is 3.31. The van der Waals surface area contributed by atoms with E-state index in [9.17, 15) is 13.9 Å². The second-order valence-corrected chi connectivity index (χ2v) is 5.52. The number of aromatic hydroxyl groups is 1. The van der Waals surface area contributed by atoms with Crippen LogP contribution in [0, 0.1) is 18.6 Å². The lowest BCUT2D eigenvalue weighted by Crippen LogP contribution is -1.96. The molecule has 0 aliphatic heterocycles. The van der Waals surface area contributed by atoms with Crippen molar-refractivity contribution in [2.24, 2.45) is 0 Å². The molecule has 2 aromatic heterocycles. The second-order valence-electron chi connectivity index (χ2n) is 4.50. The van der Waals surface area contributed by atoms with E-state index >= 15 is 0 Å². The molecular weight excluding hydrogens is 296 g/mol. The van der Waals surface area contributed by atoms with Crippen LogP contribution in [0.1, 0.15) is 11.4 Å². The number of halogens is 2. The Hall–Kier alpha value is -2.15. The van der Waals surface area contributed by atoms with Gasteiger partial charge in [-0.25, -0.2) is 13.8 Å². The zero-order chi connectivity index (χ0) is 15.0. The van der Waals surface area contributed by atoms with Gasteiger partial charge in [-0.1, -0.05) is 6.07 Å². The molecule has 0 unspecified atom stereocenters. The zero-order valence-electron chi connectivity index (χ0n) is 11.0. The van der Waals surface area contributed by atoms with E-state index in [0.717, 1.165) is 23.5 Å². The summed E-state index contributed by atoms with van der Waals surface area (Å²) in [5, 5.41) is 14.0. The van der Waals surface area contributed by atoms with Crippen molar-refractivity contribution in [3.8, 4) is 5.88 Å². The number of aryl methyl sites for hydroxylation is 1. The number of benzene rings is 1. The first-order chi connectivity index (χ1) is 10.0. The molecule has 1 N–H and O–H groups in total. The van der Waals surface area contributed by atoms with Gasteiger partial charge in [0, 0.05) is 22.8 Å². The van der Waals surface area contributed by atoms with Crippen LogP contribution in [0.4, 0.5) is 8.78 Å². The standard InChI is InChI=1S/C14H11F2N3OS/c1-8-5-12-17-9(6-13(20)19(12)18-8)7-21-11-4-2-3-10(15)14(11)16/h2-6,20H,7H2,1H3. The molecule has 2 heterocycles. The Labute approximate surface area is 123 Å². The molecule has 7 heteroatoms. The number of rotatable bonds is 3. The molecule has 0 radical (unpaired) electrons.